The number of esters is 1. The Morgan fingerprint density at radius 2 is 1.82 bits per heavy atom. The van der Waals surface area contributed by atoms with Crippen molar-refractivity contribution in [2.75, 3.05) is 26.3 Å². The highest BCUT2D eigenvalue weighted by atomic mass is 32.2. The molecule has 10 nitrogen and oxygen atoms in total. The number of hydrogen-bond acceptors (Lipinski definition) is 7. The molecule has 0 saturated carbocycles. The minimum Gasteiger partial charge on any atom is -0.449 e. The summed E-state index contributed by atoms with van der Waals surface area (Å²) in [5.41, 5.74) is 5.37. The van der Waals surface area contributed by atoms with Crippen LogP contribution >= 0.6 is 0 Å². The lowest BCUT2D eigenvalue weighted by atomic mass is 10.2. The van der Waals surface area contributed by atoms with Gasteiger partial charge in [-0.2, -0.15) is 4.31 Å². The van der Waals surface area contributed by atoms with Crippen LogP contribution in [0, 0.1) is 0 Å². The number of rotatable bonds is 6. The summed E-state index contributed by atoms with van der Waals surface area (Å²) in [7, 11) is -3.59. The molecule has 1 aliphatic rings. The standard InChI is InChI=1S/C17H21N3O7S/c1-12(16(22)19-17(18)23)27-15(21)7-4-13-2-5-14(6-3-13)28(24,25)20-8-10-26-11-9-20/h2-7,12H,8-11H2,1H3,(H3,18,19,22,23). The van der Waals surface area contributed by atoms with E-state index in [2.05, 4.69) is 0 Å². The molecule has 0 aliphatic carbocycles. The molecule has 3 N–H and O–H groups in total. The normalized spacial score (nSPS) is 16.5. The fraction of sp³-hybridized carbons (Fsp3) is 0.353. The summed E-state index contributed by atoms with van der Waals surface area (Å²) in [5, 5.41) is 1.80. The average Bonchev–Trinajstić information content (AvgIpc) is 2.67. The molecule has 1 heterocycles. The maximum Gasteiger partial charge on any atom is 0.331 e. The van der Waals surface area contributed by atoms with Crippen molar-refractivity contribution in [2.45, 2.75) is 17.9 Å². The van der Waals surface area contributed by atoms with Gasteiger partial charge in [-0.3, -0.25) is 10.1 Å². The van der Waals surface area contributed by atoms with Crippen LogP contribution in [0.4, 0.5) is 4.79 Å². The maximum absolute atomic E-state index is 12.5. The van der Waals surface area contributed by atoms with Gasteiger partial charge in [0.2, 0.25) is 10.0 Å². The van der Waals surface area contributed by atoms with Crippen molar-refractivity contribution in [3.05, 3.63) is 35.9 Å². The van der Waals surface area contributed by atoms with Crippen molar-refractivity contribution in [3.63, 3.8) is 0 Å². The highest BCUT2D eigenvalue weighted by Gasteiger charge is 2.26. The minimum absolute atomic E-state index is 0.144. The summed E-state index contributed by atoms with van der Waals surface area (Å²) in [6, 6.07) is 4.92. The van der Waals surface area contributed by atoms with E-state index in [0.29, 0.717) is 31.9 Å². The molecule has 1 unspecified atom stereocenters. The van der Waals surface area contributed by atoms with Gasteiger partial charge in [0.25, 0.3) is 5.91 Å². The zero-order valence-electron chi connectivity index (χ0n) is 15.2. The molecule has 2 rings (SSSR count). The third kappa shape index (κ3) is 5.87. The maximum atomic E-state index is 12.5. The van der Waals surface area contributed by atoms with Gasteiger partial charge in [0.05, 0.1) is 18.1 Å². The number of urea groups is 1. The quantitative estimate of drug-likeness (QED) is 0.489. The number of amides is 3. The lowest BCUT2D eigenvalue weighted by Gasteiger charge is -2.26. The summed E-state index contributed by atoms with van der Waals surface area (Å²) in [5.74, 6) is -1.65. The summed E-state index contributed by atoms with van der Waals surface area (Å²) < 4.78 is 36.4. The number of ether oxygens (including phenoxy) is 2. The average molecular weight is 411 g/mol. The van der Waals surface area contributed by atoms with Crippen LogP contribution < -0.4 is 11.1 Å². The third-order valence-corrected chi connectivity index (χ3v) is 5.72. The smallest absolute Gasteiger partial charge is 0.331 e. The van der Waals surface area contributed by atoms with Crippen LogP contribution in [0.2, 0.25) is 0 Å². The van der Waals surface area contributed by atoms with Gasteiger partial charge in [-0.1, -0.05) is 12.1 Å². The topological polar surface area (TPSA) is 145 Å². The number of benzene rings is 1. The molecule has 28 heavy (non-hydrogen) atoms. The lowest BCUT2D eigenvalue weighted by Crippen LogP contribution is -2.42. The minimum atomic E-state index is -3.59. The molecule has 1 aromatic carbocycles. The van der Waals surface area contributed by atoms with E-state index >= 15 is 0 Å². The fourth-order valence-corrected chi connectivity index (χ4v) is 3.75. The zero-order chi connectivity index (χ0) is 20.7. The molecule has 1 saturated heterocycles. The van der Waals surface area contributed by atoms with Crippen LogP contribution in [0.3, 0.4) is 0 Å². The van der Waals surface area contributed by atoms with Crippen molar-refractivity contribution in [3.8, 4) is 0 Å². The summed E-state index contributed by atoms with van der Waals surface area (Å²) in [6.07, 6.45) is 1.29. The van der Waals surface area contributed by atoms with Gasteiger partial charge in [-0.05, 0) is 30.7 Å². The summed E-state index contributed by atoms with van der Waals surface area (Å²) in [4.78, 5) is 33.9. The Hall–Kier alpha value is -2.76. The largest absolute Gasteiger partial charge is 0.449 e. The van der Waals surface area contributed by atoms with Crippen molar-refractivity contribution in [2.24, 2.45) is 5.73 Å². The molecule has 0 bridgehead atoms. The van der Waals surface area contributed by atoms with Crippen molar-refractivity contribution >= 4 is 34.0 Å². The molecule has 152 valence electrons. The van der Waals surface area contributed by atoms with E-state index in [-0.39, 0.29) is 4.90 Å². The third-order valence-electron chi connectivity index (χ3n) is 3.81. The number of carbonyl (C=O) groups excluding carboxylic acids is 3. The number of imide groups is 1. The highest BCUT2D eigenvalue weighted by molar-refractivity contribution is 7.89. The first-order chi connectivity index (χ1) is 13.2. The fourth-order valence-electron chi connectivity index (χ4n) is 2.34. The van der Waals surface area contributed by atoms with Crippen LogP contribution in [0.5, 0.6) is 0 Å². The predicted octanol–water partition coefficient (Wildman–Crippen LogP) is -0.153. The molecule has 1 atom stereocenters. The number of nitrogens with one attached hydrogen (secondary N) is 1. The van der Waals surface area contributed by atoms with E-state index in [9.17, 15) is 22.8 Å². The Bertz CT molecular complexity index is 859. The number of nitrogens with zero attached hydrogens (tertiary/aromatic N) is 1. The van der Waals surface area contributed by atoms with E-state index in [4.69, 9.17) is 15.2 Å². The second-order valence-corrected chi connectivity index (χ2v) is 7.79. The Kier molecular flexibility index (Phi) is 7.26. The molecule has 1 aliphatic heterocycles. The van der Waals surface area contributed by atoms with Gasteiger partial charge in [0, 0.05) is 19.2 Å². The lowest BCUT2D eigenvalue weighted by molar-refractivity contribution is -0.149. The molecule has 0 aromatic heterocycles. The molecular formula is C17H21N3O7S. The van der Waals surface area contributed by atoms with Crippen LogP contribution in [0.15, 0.2) is 35.2 Å². The number of nitrogens with two attached hydrogens (primary N) is 1. The number of hydrogen-bond donors (Lipinski definition) is 2. The zero-order valence-corrected chi connectivity index (χ0v) is 16.0. The first-order valence-corrected chi connectivity index (χ1v) is 9.81. The van der Waals surface area contributed by atoms with E-state index in [1.165, 1.54) is 29.4 Å². The summed E-state index contributed by atoms with van der Waals surface area (Å²) in [6.45, 7) is 2.61. The SMILES string of the molecule is CC(OC(=O)C=Cc1ccc(S(=O)(=O)N2CCOCC2)cc1)C(=O)NC(N)=O. The molecular weight excluding hydrogens is 390 g/mol. The second kappa shape index (κ2) is 9.44. The monoisotopic (exact) mass is 411 g/mol. The number of morpholine rings is 1. The molecule has 11 heteroatoms. The number of primary amides is 1. The summed E-state index contributed by atoms with van der Waals surface area (Å²) >= 11 is 0. The Morgan fingerprint density at radius 3 is 2.39 bits per heavy atom. The Labute approximate surface area is 162 Å². The van der Waals surface area contributed by atoms with Crippen molar-refractivity contribution < 1.29 is 32.3 Å². The van der Waals surface area contributed by atoms with Gasteiger partial charge in [-0.25, -0.2) is 18.0 Å². The first kappa shape index (κ1) is 21.5. The highest BCUT2D eigenvalue weighted by Crippen LogP contribution is 2.18. The van der Waals surface area contributed by atoms with Gasteiger partial charge >= 0.3 is 12.0 Å². The van der Waals surface area contributed by atoms with Gasteiger partial charge in [0.1, 0.15) is 0 Å². The Balaban J connectivity index is 1.97. The molecule has 0 radical (unpaired) electrons. The van der Waals surface area contributed by atoms with Gasteiger partial charge in [-0.15, -0.1) is 0 Å². The van der Waals surface area contributed by atoms with Crippen LogP contribution in [-0.4, -0.2) is 63.0 Å². The predicted molar refractivity (Wildman–Crippen MR) is 98.3 cm³/mol. The van der Waals surface area contributed by atoms with Crippen LogP contribution in [0.25, 0.3) is 6.08 Å². The van der Waals surface area contributed by atoms with E-state index in [1.54, 1.807) is 17.4 Å². The number of sulfonamides is 1. The number of carbonyl (C=O) groups is 3. The van der Waals surface area contributed by atoms with Crippen LogP contribution in [-0.2, 0) is 29.1 Å². The molecule has 0 spiro atoms. The van der Waals surface area contributed by atoms with Crippen LogP contribution in [0.1, 0.15) is 12.5 Å². The van der Waals surface area contributed by atoms with E-state index < -0.39 is 34.0 Å². The van der Waals surface area contributed by atoms with Crippen molar-refractivity contribution in [1.29, 1.82) is 0 Å². The first-order valence-electron chi connectivity index (χ1n) is 8.37. The van der Waals surface area contributed by atoms with Gasteiger partial charge in [0.15, 0.2) is 6.10 Å². The van der Waals surface area contributed by atoms with E-state index in [0.717, 1.165) is 6.08 Å². The molecule has 1 fully saturated rings. The van der Waals surface area contributed by atoms with Crippen molar-refractivity contribution in [1.82, 2.24) is 9.62 Å². The molecule has 1 aromatic rings. The van der Waals surface area contributed by atoms with Gasteiger partial charge < -0.3 is 15.2 Å². The second-order valence-electron chi connectivity index (χ2n) is 5.85. The Morgan fingerprint density at radius 1 is 1.21 bits per heavy atom. The van der Waals surface area contributed by atoms with E-state index in [1.807, 2.05) is 0 Å². The molecule has 3 amide bonds.